The van der Waals surface area contributed by atoms with E-state index in [9.17, 15) is 0 Å². The van der Waals surface area contributed by atoms with Crippen molar-refractivity contribution in [2.24, 2.45) is 5.73 Å². The fraction of sp³-hybridized carbons (Fsp3) is 0.357. The highest BCUT2D eigenvalue weighted by atomic mass is 35.5. The number of benzene rings is 1. The summed E-state index contributed by atoms with van der Waals surface area (Å²) in [5.74, 6) is 0.865. The number of hydrogen-bond donors (Lipinski definition) is 1. The van der Waals surface area contributed by atoms with E-state index in [1.165, 1.54) is 0 Å². The molecule has 2 rings (SSSR count). The monoisotopic (exact) mass is 263 g/mol. The molecule has 1 unspecified atom stereocenters. The van der Waals surface area contributed by atoms with Crippen molar-refractivity contribution < 1.29 is 0 Å². The molecule has 0 aliphatic heterocycles. The lowest BCUT2D eigenvalue weighted by Gasteiger charge is -2.16. The summed E-state index contributed by atoms with van der Waals surface area (Å²) >= 11 is 6.32. The second-order valence-electron chi connectivity index (χ2n) is 4.43. The van der Waals surface area contributed by atoms with E-state index in [4.69, 9.17) is 17.3 Å². The molecule has 1 aromatic carbocycles. The molecule has 0 saturated heterocycles. The predicted octanol–water partition coefficient (Wildman–Crippen LogP) is 3.30. The molecule has 2 N–H and O–H groups in total. The van der Waals surface area contributed by atoms with Crippen LogP contribution in [0, 0.1) is 6.92 Å². The third-order valence-corrected chi connectivity index (χ3v) is 3.56. The number of halogens is 1. The van der Waals surface area contributed by atoms with Gasteiger partial charge in [-0.05, 0) is 24.5 Å². The molecule has 0 spiro atoms. The lowest BCUT2D eigenvalue weighted by atomic mass is 10.0. The van der Waals surface area contributed by atoms with Gasteiger partial charge in [-0.15, -0.1) is 0 Å². The van der Waals surface area contributed by atoms with Crippen LogP contribution in [0.15, 0.2) is 30.6 Å². The van der Waals surface area contributed by atoms with Gasteiger partial charge in [-0.1, -0.05) is 36.7 Å². The van der Waals surface area contributed by atoms with Gasteiger partial charge in [-0.25, -0.2) is 4.98 Å². The molecule has 0 saturated carbocycles. The van der Waals surface area contributed by atoms with Crippen LogP contribution in [0.2, 0.25) is 5.02 Å². The Morgan fingerprint density at radius 1 is 1.44 bits per heavy atom. The van der Waals surface area contributed by atoms with Gasteiger partial charge in [-0.2, -0.15) is 0 Å². The summed E-state index contributed by atoms with van der Waals surface area (Å²) in [6, 6.07) is 5.64. The summed E-state index contributed by atoms with van der Waals surface area (Å²) in [6.07, 6.45) is 4.80. The van der Waals surface area contributed by atoms with Gasteiger partial charge in [0.05, 0.1) is 6.04 Å². The number of rotatable bonds is 4. The fourth-order valence-corrected chi connectivity index (χ4v) is 2.32. The van der Waals surface area contributed by atoms with Crippen LogP contribution in [0.25, 0.3) is 0 Å². The molecule has 0 aliphatic rings. The molecule has 0 bridgehead atoms. The van der Waals surface area contributed by atoms with Crippen molar-refractivity contribution in [3.63, 3.8) is 0 Å². The zero-order valence-electron chi connectivity index (χ0n) is 10.7. The van der Waals surface area contributed by atoms with Gasteiger partial charge in [0.25, 0.3) is 0 Å². The molecule has 0 amide bonds. The maximum Gasteiger partial charge on any atom is 0.130 e. The minimum absolute atomic E-state index is 0.279. The first-order chi connectivity index (χ1) is 8.65. The Balaban J connectivity index is 2.38. The zero-order chi connectivity index (χ0) is 13.1. The predicted molar refractivity (Wildman–Crippen MR) is 74.7 cm³/mol. The number of imidazole rings is 1. The van der Waals surface area contributed by atoms with Gasteiger partial charge in [0, 0.05) is 24.0 Å². The molecule has 96 valence electrons. The molecule has 0 fully saturated rings. The first kappa shape index (κ1) is 13.1. The second kappa shape index (κ2) is 5.55. The minimum Gasteiger partial charge on any atom is -0.333 e. The summed E-state index contributed by atoms with van der Waals surface area (Å²) in [5, 5.41) is 0.732. The Hall–Kier alpha value is -1.32. The van der Waals surface area contributed by atoms with Crippen LogP contribution in [0.1, 0.15) is 36.3 Å². The van der Waals surface area contributed by atoms with E-state index in [1.54, 1.807) is 6.20 Å². The molecule has 0 radical (unpaired) electrons. The first-order valence-electron chi connectivity index (χ1n) is 6.16. The van der Waals surface area contributed by atoms with Gasteiger partial charge in [-0.3, -0.25) is 0 Å². The summed E-state index contributed by atoms with van der Waals surface area (Å²) in [5.41, 5.74) is 8.26. The molecule has 3 nitrogen and oxygen atoms in total. The van der Waals surface area contributed by atoms with E-state index >= 15 is 0 Å². The smallest absolute Gasteiger partial charge is 0.130 e. The van der Waals surface area contributed by atoms with E-state index < -0.39 is 0 Å². The van der Waals surface area contributed by atoms with Gasteiger partial charge in [0.15, 0.2) is 0 Å². The third kappa shape index (κ3) is 2.42. The molecule has 1 heterocycles. The van der Waals surface area contributed by atoms with E-state index in [-0.39, 0.29) is 6.04 Å². The van der Waals surface area contributed by atoms with Gasteiger partial charge >= 0.3 is 0 Å². The molecule has 1 atom stereocenters. The summed E-state index contributed by atoms with van der Waals surface area (Å²) in [6.45, 7) is 5.04. The largest absolute Gasteiger partial charge is 0.333 e. The van der Waals surface area contributed by atoms with Gasteiger partial charge in [0.2, 0.25) is 0 Å². The molecule has 18 heavy (non-hydrogen) atoms. The number of nitrogens with zero attached hydrogens (tertiary/aromatic N) is 2. The zero-order valence-corrected chi connectivity index (χ0v) is 11.5. The van der Waals surface area contributed by atoms with Crippen molar-refractivity contribution in [3.8, 4) is 0 Å². The second-order valence-corrected chi connectivity index (χ2v) is 4.81. The van der Waals surface area contributed by atoms with Crippen molar-refractivity contribution in [2.45, 2.75) is 32.9 Å². The Morgan fingerprint density at radius 3 is 2.94 bits per heavy atom. The topological polar surface area (TPSA) is 43.8 Å². The van der Waals surface area contributed by atoms with E-state index in [1.807, 2.05) is 31.3 Å². The molecule has 2 aromatic rings. The van der Waals surface area contributed by atoms with Gasteiger partial charge in [0.1, 0.15) is 5.82 Å². The van der Waals surface area contributed by atoms with Crippen molar-refractivity contribution in [2.75, 3.05) is 0 Å². The van der Waals surface area contributed by atoms with Crippen LogP contribution in [0.3, 0.4) is 0 Å². The fourth-order valence-electron chi connectivity index (χ4n) is 2.08. The highest BCUT2D eigenvalue weighted by Gasteiger charge is 2.17. The Kier molecular flexibility index (Phi) is 4.04. The average Bonchev–Trinajstić information content (AvgIpc) is 2.80. The lowest BCUT2D eigenvalue weighted by Crippen LogP contribution is -2.18. The van der Waals surface area contributed by atoms with Crippen LogP contribution < -0.4 is 5.73 Å². The van der Waals surface area contributed by atoms with Crippen molar-refractivity contribution in [3.05, 3.63) is 52.6 Å². The van der Waals surface area contributed by atoms with Crippen LogP contribution >= 0.6 is 11.6 Å². The van der Waals surface area contributed by atoms with Gasteiger partial charge < -0.3 is 10.3 Å². The van der Waals surface area contributed by atoms with Crippen LogP contribution in [-0.2, 0) is 6.54 Å². The molecule has 4 heteroatoms. The molecular formula is C14H18ClN3. The minimum atomic E-state index is -0.279. The lowest BCUT2D eigenvalue weighted by molar-refractivity contribution is 0.613. The Labute approximate surface area is 113 Å². The van der Waals surface area contributed by atoms with E-state index in [2.05, 4.69) is 16.5 Å². The normalized spacial score (nSPS) is 12.7. The maximum atomic E-state index is 6.32. The summed E-state index contributed by atoms with van der Waals surface area (Å²) in [7, 11) is 0. The quantitative estimate of drug-likeness (QED) is 0.920. The SMILES string of the molecule is CCCn1ccnc1C(N)c1cccc(C)c1Cl. The van der Waals surface area contributed by atoms with E-state index in [0.717, 1.165) is 34.9 Å². The average molecular weight is 264 g/mol. The highest BCUT2D eigenvalue weighted by Crippen LogP contribution is 2.28. The third-order valence-electron chi connectivity index (χ3n) is 3.05. The number of nitrogens with two attached hydrogens (primary N) is 1. The summed E-state index contributed by atoms with van der Waals surface area (Å²) in [4.78, 5) is 4.36. The Morgan fingerprint density at radius 2 is 2.22 bits per heavy atom. The first-order valence-corrected chi connectivity index (χ1v) is 6.54. The van der Waals surface area contributed by atoms with E-state index in [0.29, 0.717) is 0 Å². The molecular weight excluding hydrogens is 246 g/mol. The number of aromatic nitrogens is 2. The molecule has 0 aliphatic carbocycles. The van der Waals surface area contributed by atoms with Crippen LogP contribution in [-0.4, -0.2) is 9.55 Å². The van der Waals surface area contributed by atoms with Crippen LogP contribution in [0.4, 0.5) is 0 Å². The van der Waals surface area contributed by atoms with Crippen LogP contribution in [0.5, 0.6) is 0 Å². The number of hydrogen-bond acceptors (Lipinski definition) is 2. The summed E-state index contributed by atoms with van der Waals surface area (Å²) < 4.78 is 2.09. The molecule has 1 aromatic heterocycles. The Bertz CT molecular complexity index is 534. The number of aryl methyl sites for hydroxylation is 2. The highest BCUT2D eigenvalue weighted by molar-refractivity contribution is 6.32. The van der Waals surface area contributed by atoms with Crippen molar-refractivity contribution >= 4 is 11.6 Å². The maximum absolute atomic E-state index is 6.32. The van der Waals surface area contributed by atoms with Crippen molar-refractivity contribution in [1.29, 1.82) is 0 Å². The van der Waals surface area contributed by atoms with Crippen molar-refractivity contribution in [1.82, 2.24) is 9.55 Å². The standard InChI is InChI=1S/C14H18ClN3/c1-3-8-18-9-7-17-14(18)13(16)11-6-4-5-10(2)12(11)15/h4-7,9,13H,3,8,16H2,1-2H3.